The SMILES string of the molecule is O=C(Nc1ccc(Cl)c(C(F)(F)F)c1)c1ccc(COc2c(F)c(F)cc(F)c2F)cc1. The van der Waals surface area contributed by atoms with Crippen molar-refractivity contribution >= 4 is 23.2 Å². The third-order valence-electron chi connectivity index (χ3n) is 4.20. The Bertz CT molecular complexity index is 1140. The molecule has 1 N–H and O–H groups in total. The topological polar surface area (TPSA) is 38.3 Å². The molecule has 0 radical (unpaired) electrons. The number of nitrogens with one attached hydrogen (secondary N) is 1. The number of ether oxygens (including phenoxy) is 1. The van der Waals surface area contributed by atoms with Crippen molar-refractivity contribution in [2.24, 2.45) is 0 Å². The summed E-state index contributed by atoms with van der Waals surface area (Å²) in [7, 11) is 0. The zero-order valence-corrected chi connectivity index (χ0v) is 16.4. The maximum Gasteiger partial charge on any atom is 0.417 e. The van der Waals surface area contributed by atoms with Crippen LogP contribution < -0.4 is 10.1 Å². The molecule has 1 amide bonds. The Balaban J connectivity index is 1.70. The van der Waals surface area contributed by atoms with Gasteiger partial charge in [0, 0.05) is 17.3 Å². The standard InChI is InChI=1S/C21H11ClF7NO2/c22-14-6-5-12(7-13(14)21(27,28)29)30-20(31)11-3-1-10(2-4-11)9-32-19-17(25)15(23)8-16(24)18(19)26/h1-8H,9H2,(H,30,31). The Kier molecular flexibility index (Phi) is 6.63. The molecule has 0 fully saturated rings. The quantitative estimate of drug-likeness (QED) is 0.326. The second-order valence-corrected chi connectivity index (χ2v) is 6.84. The molecule has 3 aromatic rings. The van der Waals surface area contributed by atoms with E-state index in [-0.39, 0.29) is 22.9 Å². The molecular formula is C21H11ClF7NO2. The van der Waals surface area contributed by atoms with Crippen LogP contribution in [0.5, 0.6) is 5.75 Å². The monoisotopic (exact) mass is 477 g/mol. The van der Waals surface area contributed by atoms with Gasteiger partial charge in [-0.3, -0.25) is 4.79 Å². The minimum atomic E-state index is -4.71. The maximum atomic E-state index is 13.6. The van der Waals surface area contributed by atoms with Crippen LogP contribution >= 0.6 is 11.6 Å². The highest BCUT2D eigenvalue weighted by Gasteiger charge is 2.33. The molecule has 0 unspecified atom stereocenters. The highest BCUT2D eigenvalue weighted by atomic mass is 35.5. The number of carbonyl (C=O) groups excluding carboxylic acids is 1. The van der Waals surface area contributed by atoms with Crippen molar-refractivity contribution in [2.45, 2.75) is 12.8 Å². The molecule has 0 aliphatic carbocycles. The number of rotatable bonds is 5. The number of hydrogen-bond donors (Lipinski definition) is 1. The van der Waals surface area contributed by atoms with Crippen LogP contribution in [0, 0.1) is 23.3 Å². The average molecular weight is 478 g/mol. The molecule has 168 valence electrons. The third-order valence-corrected chi connectivity index (χ3v) is 4.53. The van der Waals surface area contributed by atoms with Gasteiger partial charge in [-0.2, -0.15) is 22.0 Å². The minimum absolute atomic E-state index is 0.0449. The van der Waals surface area contributed by atoms with Gasteiger partial charge in [0.15, 0.2) is 17.4 Å². The van der Waals surface area contributed by atoms with Gasteiger partial charge in [0.05, 0.1) is 10.6 Å². The lowest BCUT2D eigenvalue weighted by atomic mass is 10.1. The molecule has 0 bridgehead atoms. The average Bonchev–Trinajstić information content (AvgIpc) is 2.73. The zero-order valence-electron chi connectivity index (χ0n) is 15.7. The van der Waals surface area contributed by atoms with E-state index in [1.54, 1.807) is 0 Å². The molecule has 0 aliphatic heterocycles. The molecule has 3 aromatic carbocycles. The first kappa shape index (κ1) is 23.4. The Morgan fingerprint density at radius 2 is 1.50 bits per heavy atom. The van der Waals surface area contributed by atoms with E-state index in [1.165, 1.54) is 30.3 Å². The minimum Gasteiger partial charge on any atom is -0.483 e. The van der Waals surface area contributed by atoms with Crippen molar-refractivity contribution in [2.75, 3.05) is 5.32 Å². The van der Waals surface area contributed by atoms with Crippen LogP contribution in [0.1, 0.15) is 21.5 Å². The normalized spacial score (nSPS) is 11.4. The summed E-state index contributed by atoms with van der Waals surface area (Å²) in [5.41, 5.74) is -0.918. The molecule has 3 rings (SSSR count). The first-order chi connectivity index (χ1) is 15.0. The van der Waals surface area contributed by atoms with Crippen molar-refractivity contribution < 1.29 is 40.3 Å². The van der Waals surface area contributed by atoms with Crippen molar-refractivity contribution in [3.63, 3.8) is 0 Å². The molecule has 11 heteroatoms. The van der Waals surface area contributed by atoms with Crippen LogP contribution in [0.25, 0.3) is 0 Å². The second-order valence-electron chi connectivity index (χ2n) is 6.43. The summed E-state index contributed by atoms with van der Waals surface area (Å²) in [4.78, 5) is 12.3. The Morgan fingerprint density at radius 1 is 0.906 bits per heavy atom. The van der Waals surface area contributed by atoms with E-state index in [9.17, 15) is 35.5 Å². The second kappa shape index (κ2) is 9.07. The van der Waals surface area contributed by atoms with Crippen LogP contribution in [-0.4, -0.2) is 5.91 Å². The van der Waals surface area contributed by atoms with Gasteiger partial charge in [0.25, 0.3) is 5.91 Å². The lowest BCUT2D eigenvalue weighted by molar-refractivity contribution is -0.137. The molecule has 32 heavy (non-hydrogen) atoms. The molecule has 0 aromatic heterocycles. The Hall–Kier alpha value is -3.27. The van der Waals surface area contributed by atoms with Crippen molar-refractivity contribution in [3.05, 3.63) is 93.5 Å². The number of anilines is 1. The fourth-order valence-corrected chi connectivity index (χ4v) is 2.83. The van der Waals surface area contributed by atoms with Gasteiger partial charge >= 0.3 is 6.18 Å². The largest absolute Gasteiger partial charge is 0.483 e. The fraction of sp³-hybridized carbons (Fsp3) is 0.0952. The van der Waals surface area contributed by atoms with Gasteiger partial charge in [-0.1, -0.05) is 23.7 Å². The molecule has 0 heterocycles. The summed E-state index contributed by atoms with van der Waals surface area (Å²) in [6.07, 6.45) is -4.71. The number of alkyl halides is 3. The van der Waals surface area contributed by atoms with E-state index in [2.05, 4.69) is 5.32 Å². The van der Waals surface area contributed by atoms with E-state index in [4.69, 9.17) is 16.3 Å². The van der Waals surface area contributed by atoms with E-state index in [0.29, 0.717) is 6.07 Å². The highest BCUT2D eigenvalue weighted by Crippen LogP contribution is 2.36. The Morgan fingerprint density at radius 3 is 2.06 bits per heavy atom. The number of halogens is 8. The smallest absolute Gasteiger partial charge is 0.417 e. The van der Waals surface area contributed by atoms with Gasteiger partial charge in [-0.15, -0.1) is 0 Å². The van der Waals surface area contributed by atoms with Crippen LogP contribution in [0.3, 0.4) is 0 Å². The summed E-state index contributed by atoms with van der Waals surface area (Å²) >= 11 is 5.53. The molecular weight excluding hydrogens is 467 g/mol. The predicted molar refractivity (Wildman–Crippen MR) is 101 cm³/mol. The summed E-state index contributed by atoms with van der Waals surface area (Å²) in [6, 6.07) is 8.10. The van der Waals surface area contributed by atoms with E-state index in [0.717, 1.165) is 6.07 Å². The summed E-state index contributed by atoms with van der Waals surface area (Å²) < 4.78 is 97.2. The Labute approximate surface area is 181 Å². The molecule has 0 saturated heterocycles. The number of carbonyl (C=O) groups is 1. The van der Waals surface area contributed by atoms with Crippen LogP contribution in [-0.2, 0) is 12.8 Å². The molecule has 0 spiro atoms. The molecule has 0 aliphatic rings. The molecule has 3 nitrogen and oxygen atoms in total. The first-order valence-corrected chi connectivity index (χ1v) is 9.08. The van der Waals surface area contributed by atoms with Crippen molar-refractivity contribution in [3.8, 4) is 5.75 Å². The molecule has 0 saturated carbocycles. The van der Waals surface area contributed by atoms with Gasteiger partial charge < -0.3 is 10.1 Å². The number of benzene rings is 3. The number of amides is 1. The van der Waals surface area contributed by atoms with Crippen molar-refractivity contribution in [1.82, 2.24) is 0 Å². The molecule has 0 atom stereocenters. The van der Waals surface area contributed by atoms with E-state index >= 15 is 0 Å². The summed E-state index contributed by atoms with van der Waals surface area (Å²) in [6.45, 7) is -0.481. The van der Waals surface area contributed by atoms with E-state index in [1.807, 2.05) is 0 Å². The van der Waals surface area contributed by atoms with Gasteiger partial charge in [0.1, 0.15) is 6.61 Å². The van der Waals surface area contributed by atoms with E-state index < -0.39 is 58.3 Å². The van der Waals surface area contributed by atoms with Gasteiger partial charge in [0.2, 0.25) is 11.6 Å². The zero-order chi connectivity index (χ0) is 23.6. The first-order valence-electron chi connectivity index (χ1n) is 8.70. The number of hydrogen-bond acceptors (Lipinski definition) is 2. The van der Waals surface area contributed by atoms with Gasteiger partial charge in [-0.05, 0) is 35.9 Å². The van der Waals surface area contributed by atoms with Gasteiger partial charge in [-0.25, -0.2) is 8.78 Å². The lowest BCUT2D eigenvalue weighted by Gasteiger charge is -2.12. The predicted octanol–water partition coefficient (Wildman–Crippen LogP) is 6.75. The lowest BCUT2D eigenvalue weighted by Crippen LogP contribution is -2.13. The fourth-order valence-electron chi connectivity index (χ4n) is 2.61. The van der Waals surface area contributed by atoms with Crippen molar-refractivity contribution in [1.29, 1.82) is 0 Å². The van der Waals surface area contributed by atoms with Crippen LogP contribution in [0.4, 0.5) is 36.4 Å². The third kappa shape index (κ3) is 5.13. The van der Waals surface area contributed by atoms with Crippen LogP contribution in [0.15, 0.2) is 48.5 Å². The highest BCUT2D eigenvalue weighted by molar-refractivity contribution is 6.31. The maximum absolute atomic E-state index is 13.6. The summed E-state index contributed by atoms with van der Waals surface area (Å²) in [5.74, 6) is -8.60. The van der Waals surface area contributed by atoms with Crippen LogP contribution in [0.2, 0.25) is 5.02 Å². The summed E-state index contributed by atoms with van der Waals surface area (Å²) in [5, 5.41) is 1.77.